The fourth-order valence-corrected chi connectivity index (χ4v) is 3.04. The predicted molar refractivity (Wildman–Crippen MR) is 107 cm³/mol. The smallest absolute Gasteiger partial charge is 0.251 e. The maximum atomic E-state index is 12.2. The molecule has 2 aromatic carbocycles. The number of rotatable bonds is 6. The zero-order chi connectivity index (χ0) is 19.3. The van der Waals surface area contributed by atoms with Crippen LogP contribution >= 0.6 is 0 Å². The van der Waals surface area contributed by atoms with Crippen LogP contribution in [-0.4, -0.2) is 16.0 Å². The van der Waals surface area contributed by atoms with Crippen molar-refractivity contribution in [2.24, 2.45) is 0 Å². The Kier molecular flexibility index (Phi) is 5.01. The summed E-state index contributed by atoms with van der Waals surface area (Å²) in [5.74, 6) is 0.518. The number of aryl methyl sites for hydroxylation is 1. The Morgan fingerprint density at radius 3 is 2.68 bits per heavy atom. The number of pyridine rings is 1. The van der Waals surface area contributed by atoms with E-state index in [1.165, 1.54) is 0 Å². The second kappa shape index (κ2) is 7.92. The normalized spacial score (nSPS) is 10.9. The number of aromatic amines is 1. The number of para-hydroxylation sites is 1. The molecule has 0 aliphatic carbocycles. The summed E-state index contributed by atoms with van der Waals surface area (Å²) in [6.45, 7) is 0.281. The van der Waals surface area contributed by atoms with Crippen LogP contribution in [0.1, 0.15) is 17.7 Å². The second-order valence-electron chi connectivity index (χ2n) is 6.54. The van der Waals surface area contributed by atoms with Crippen molar-refractivity contribution >= 4 is 16.8 Å². The van der Waals surface area contributed by atoms with E-state index in [0.717, 1.165) is 16.5 Å². The molecular weight excluding hydrogens is 354 g/mol. The highest BCUT2D eigenvalue weighted by Crippen LogP contribution is 2.19. The van der Waals surface area contributed by atoms with Crippen molar-refractivity contribution in [3.63, 3.8) is 0 Å². The molecule has 0 saturated carbocycles. The van der Waals surface area contributed by atoms with Crippen LogP contribution in [0.15, 0.2) is 76.0 Å². The van der Waals surface area contributed by atoms with Gasteiger partial charge in [0.2, 0.25) is 5.91 Å². The van der Waals surface area contributed by atoms with E-state index in [0.29, 0.717) is 23.4 Å². The number of aromatic nitrogens is 2. The lowest BCUT2D eigenvalue weighted by Gasteiger charge is -2.04. The first-order chi connectivity index (χ1) is 13.7. The average molecular weight is 373 g/mol. The van der Waals surface area contributed by atoms with Crippen molar-refractivity contribution in [1.82, 2.24) is 15.5 Å². The SMILES string of the molecule is O=C(CCc1cc2ccccc2[nH]c1=O)NCc1cc(-c2ccccc2)on1. The van der Waals surface area contributed by atoms with E-state index >= 15 is 0 Å². The summed E-state index contributed by atoms with van der Waals surface area (Å²) in [5, 5.41) is 7.76. The number of carbonyl (C=O) groups excluding carboxylic acids is 1. The quantitative estimate of drug-likeness (QED) is 0.542. The Morgan fingerprint density at radius 2 is 1.82 bits per heavy atom. The first-order valence-corrected chi connectivity index (χ1v) is 9.08. The molecule has 4 rings (SSSR count). The molecule has 2 heterocycles. The maximum Gasteiger partial charge on any atom is 0.251 e. The van der Waals surface area contributed by atoms with Gasteiger partial charge >= 0.3 is 0 Å². The highest BCUT2D eigenvalue weighted by molar-refractivity contribution is 5.79. The molecular formula is C22H19N3O3. The number of amides is 1. The summed E-state index contributed by atoms with van der Waals surface area (Å²) in [6, 6.07) is 20.9. The summed E-state index contributed by atoms with van der Waals surface area (Å²) in [5.41, 5.74) is 2.82. The van der Waals surface area contributed by atoms with Gasteiger partial charge < -0.3 is 14.8 Å². The largest absolute Gasteiger partial charge is 0.356 e. The molecule has 2 N–H and O–H groups in total. The molecule has 0 fully saturated rings. The first kappa shape index (κ1) is 17.7. The minimum atomic E-state index is -0.157. The van der Waals surface area contributed by atoms with Crippen LogP contribution in [-0.2, 0) is 17.8 Å². The van der Waals surface area contributed by atoms with Crippen LogP contribution in [0, 0.1) is 0 Å². The second-order valence-corrected chi connectivity index (χ2v) is 6.54. The molecule has 0 radical (unpaired) electrons. The van der Waals surface area contributed by atoms with Gasteiger partial charge in [-0.1, -0.05) is 53.7 Å². The molecule has 6 heteroatoms. The van der Waals surface area contributed by atoms with Gasteiger partial charge in [0.25, 0.3) is 5.56 Å². The number of nitrogens with one attached hydrogen (secondary N) is 2. The molecule has 0 spiro atoms. The topological polar surface area (TPSA) is 88.0 Å². The number of H-pyrrole nitrogens is 1. The Hall–Kier alpha value is -3.67. The van der Waals surface area contributed by atoms with Crippen LogP contribution < -0.4 is 10.9 Å². The molecule has 2 aromatic heterocycles. The molecule has 0 unspecified atom stereocenters. The van der Waals surface area contributed by atoms with Crippen LogP contribution in [0.2, 0.25) is 0 Å². The molecule has 0 saturated heterocycles. The monoisotopic (exact) mass is 373 g/mol. The van der Waals surface area contributed by atoms with Gasteiger partial charge in [0, 0.05) is 29.1 Å². The standard InChI is InChI=1S/C22H19N3O3/c26-21(11-10-17-12-16-8-4-5-9-19(16)24-22(17)27)23-14-18-13-20(28-25-18)15-6-2-1-3-7-15/h1-9,12-13H,10-11,14H2,(H,23,26)(H,24,27). The highest BCUT2D eigenvalue weighted by Gasteiger charge is 2.09. The molecule has 140 valence electrons. The van der Waals surface area contributed by atoms with Crippen LogP contribution in [0.25, 0.3) is 22.2 Å². The number of carbonyl (C=O) groups is 1. The highest BCUT2D eigenvalue weighted by atomic mass is 16.5. The van der Waals surface area contributed by atoms with E-state index in [-0.39, 0.29) is 24.4 Å². The number of nitrogens with zero attached hydrogens (tertiary/aromatic N) is 1. The van der Waals surface area contributed by atoms with Crippen molar-refractivity contribution in [3.8, 4) is 11.3 Å². The molecule has 1 amide bonds. The lowest BCUT2D eigenvalue weighted by Crippen LogP contribution is -2.24. The van der Waals surface area contributed by atoms with Crippen molar-refractivity contribution in [2.75, 3.05) is 0 Å². The van der Waals surface area contributed by atoms with Gasteiger partial charge in [-0.2, -0.15) is 0 Å². The lowest BCUT2D eigenvalue weighted by atomic mass is 10.1. The molecule has 0 aliphatic rings. The number of fused-ring (bicyclic) bond motifs is 1. The molecule has 6 nitrogen and oxygen atoms in total. The lowest BCUT2D eigenvalue weighted by molar-refractivity contribution is -0.121. The van der Waals surface area contributed by atoms with E-state index in [2.05, 4.69) is 15.5 Å². The van der Waals surface area contributed by atoms with E-state index in [1.54, 1.807) is 0 Å². The van der Waals surface area contributed by atoms with Gasteiger partial charge in [0.05, 0.1) is 6.54 Å². The minimum absolute atomic E-state index is 0.142. The zero-order valence-electron chi connectivity index (χ0n) is 15.1. The number of benzene rings is 2. The Bertz CT molecular complexity index is 1160. The third-order valence-electron chi connectivity index (χ3n) is 4.54. The van der Waals surface area contributed by atoms with Crippen molar-refractivity contribution < 1.29 is 9.32 Å². The molecule has 28 heavy (non-hydrogen) atoms. The van der Waals surface area contributed by atoms with Gasteiger partial charge in [-0.25, -0.2) is 0 Å². The summed E-state index contributed by atoms with van der Waals surface area (Å²) >= 11 is 0. The number of hydrogen-bond acceptors (Lipinski definition) is 4. The summed E-state index contributed by atoms with van der Waals surface area (Å²) in [4.78, 5) is 27.2. The summed E-state index contributed by atoms with van der Waals surface area (Å²) in [7, 11) is 0. The summed E-state index contributed by atoms with van der Waals surface area (Å²) < 4.78 is 5.32. The Morgan fingerprint density at radius 1 is 1.04 bits per heavy atom. The minimum Gasteiger partial charge on any atom is -0.356 e. The van der Waals surface area contributed by atoms with Gasteiger partial charge in [0.1, 0.15) is 5.69 Å². The maximum absolute atomic E-state index is 12.2. The summed E-state index contributed by atoms with van der Waals surface area (Å²) in [6.07, 6.45) is 0.602. The Labute approximate surface area is 161 Å². The molecule has 0 bridgehead atoms. The van der Waals surface area contributed by atoms with Gasteiger partial charge in [-0.3, -0.25) is 9.59 Å². The van der Waals surface area contributed by atoms with Crippen molar-refractivity contribution in [1.29, 1.82) is 0 Å². The predicted octanol–water partition coefficient (Wildman–Crippen LogP) is 3.43. The van der Waals surface area contributed by atoms with Gasteiger partial charge in [-0.15, -0.1) is 0 Å². The fourth-order valence-electron chi connectivity index (χ4n) is 3.04. The van der Waals surface area contributed by atoms with E-state index in [9.17, 15) is 9.59 Å². The van der Waals surface area contributed by atoms with Gasteiger partial charge in [-0.05, 0) is 23.9 Å². The molecule has 0 atom stereocenters. The zero-order valence-corrected chi connectivity index (χ0v) is 15.1. The van der Waals surface area contributed by atoms with Gasteiger partial charge in [0.15, 0.2) is 5.76 Å². The number of hydrogen-bond donors (Lipinski definition) is 2. The first-order valence-electron chi connectivity index (χ1n) is 9.08. The van der Waals surface area contributed by atoms with Crippen LogP contribution in [0.3, 0.4) is 0 Å². The van der Waals surface area contributed by atoms with Crippen molar-refractivity contribution in [2.45, 2.75) is 19.4 Å². The van der Waals surface area contributed by atoms with Crippen LogP contribution in [0.4, 0.5) is 0 Å². The van der Waals surface area contributed by atoms with E-state index in [1.807, 2.05) is 66.7 Å². The molecule has 0 aliphatic heterocycles. The van der Waals surface area contributed by atoms with Crippen LogP contribution in [0.5, 0.6) is 0 Å². The molecule has 4 aromatic rings. The van der Waals surface area contributed by atoms with Crippen molar-refractivity contribution in [3.05, 3.63) is 88.3 Å². The Balaban J connectivity index is 1.34. The fraction of sp³-hybridized carbons (Fsp3) is 0.136. The average Bonchev–Trinajstić information content (AvgIpc) is 3.20. The third kappa shape index (κ3) is 4.01. The third-order valence-corrected chi connectivity index (χ3v) is 4.54. The van der Waals surface area contributed by atoms with E-state index in [4.69, 9.17) is 4.52 Å². The van der Waals surface area contributed by atoms with E-state index < -0.39 is 0 Å².